The van der Waals surface area contributed by atoms with Gasteiger partial charge in [0.1, 0.15) is 48.0 Å². The number of anilines is 2. The fraction of sp³-hybridized carbons (Fsp3) is 0.522. The van der Waals surface area contributed by atoms with Crippen LogP contribution in [-0.2, 0) is 46.5 Å². The maximum absolute atomic E-state index is 13.1. The number of nitrogens with zero attached hydrogens (tertiary/aromatic N) is 7. The average molecular weight is 1160 g/mol. The van der Waals surface area contributed by atoms with Crippen molar-refractivity contribution in [3.63, 3.8) is 0 Å². The quantitative estimate of drug-likeness (QED) is 0.0193. The largest absolute Gasteiger partial charge is 0.490 e. The van der Waals surface area contributed by atoms with Crippen LogP contribution in [0.4, 0.5) is 17.2 Å². The summed E-state index contributed by atoms with van der Waals surface area (Å²) in [6.07, 6.45) is 4.13. The van der Waals surface area contributed by atoms with E-state index in [-0.39, 0.29) is 29.0 Å². The van der Waals surface area contributed by atoms with Crippen LogP contribution in [0, 0.1) is 0 Å². The summed E-state index contributed by atoms with van der Waals surface area (Å²) in [4.78, 5) is 69.8. The second kappa shape index (κ2) is 22.3. The van der Waals surface area contributed by atoms with Crippen molar-refractivity contribution in [2.75, 3.05) is 48.8 Å². The highest BCUT2D eigenvalue weighted by Gasteiger charge is 2.47. The number of fused-ring (bicyclic) bond motifs is 5. The summed E-state index contributed by atoms with van der Waals surface area (Å²) in [6.45, 7) is 13.7. The highest BCUT2D eigenvalue weighted by molar-refractivity contribution is 7.86. The fourth-order valence-corrected chi connectivity index (χ4v) is 13.8. The minimum atomic E-state index is -5.79. The molecule has 9 N–H and O–H groups in total. The summed E-state index contributed by atoms with van der Waals surface area (Å²) in [7, 11) is -21.3. The molecule has 0 bridgehead atoms. The van der Waals surface area contributed by atoms with E-state index in [0.717, 1.165) is 49.1 Å². The van der Waals surface area contributed by atoms with Crippen molar-refractivity contribution in [1.82, 2.24) is 29.4 Å². The molecule has 0 saturated carbocycles. The van der Waals surface area contributed by atoms with Gasteiger partial charge in [0.05, 0.1) is 30.1 Å². The van der Waals surface area contributed by atoms with Crippen molar-refractivity contribution in [1.29, 1.82) is 0 Å². The molecular formula is C46H63N9O18P3S+. The van der Waals surface area contributed by atoms with E-state index in [1.54, 1.807) is 6.07 Å². The molecule has 8 rings (SSSR count). The van der Waals surface area contributed by atoms with Crippen LogP contribution in [0.2, 0.25) is 0 Å². The van der Waals surface area contributed by atoms with E-state index in [2.05, 4.69) is 82.0 Å². The normalized spacial score (nSPS) is 22.0. The van der Waals surface area contributed by atoms with Crippen molar-refractivity contribution in [3.8, 4) is 11.5 Å². The number of aliphatic hydroxyl groups excluding tert-OH is 2. The van der Waals surface area contributed by atoms with Gasteiger partial charge >= 0.3 is 23.5 Å². The molecule has 0 spiro atoms. The van der Waals surface area contributed by atoms with Crippen LogP contribution in [0.25, 0.3) is 22.3 Å². The topological polar surface area (TPSA) is 376 Å². The van der Waals surface area contributed by atoms with Crippen LogP contribution in [0.1, 0.15) is 97.4 Å². The Kier molecular flexibility index (Phi) is 16.9. The van der Waals surface area contributed by atoms with E-state index in [1.165, 1.54) is 17.2 Å². The van der Waals surface area contributed by atoms with Gasteiger partial charge in [-0.15, -0.1) is 0 Å². The molecule has 0 aliphatic carbocycles. The smallest absolute Gasteiger partial charge is 0.452 e. The van der Waals surface area contributed by atoms with Gasteiger partial charge in [0.2, 0.25) is 11.3 Å². The van der Waals surface area contributed by atoms with Crippen LogP contribution in [0.3, 0.4) is 0 Å². The molecule has 31 heteroatoms. The third kappa shape index (κ3) is 13.6. The number of imidazole rings is 1. The number of aromatic nitrogens is 4. The number of aliphatic hydroxyl groups is 2. The van der Waals surface area contributed by atoms with Gasteiger partial charge in [-0.25, -0.2) is 38.2 Å². The maximum Gasteiger partial charge on any atom is 0.490 e. The van der Waals surface area contributed by atoms with Gasteiger partial charge in [0.25, 0.3) is 10.1 Å². The molecule has 2 aromatic carbocycles. The first-order valence-corrected chi connectivity index (χ1v) is 30.7. The van der Waals surface area contributed by atoms with Crippen LogP contribution in [0.15, 0.2) is 54.1 Å². The highest BCUT2D eigenvalue weighted by Crippen LogP contribution is 2.66. The number of unbranched alkanes of at least 4 members (excludes halogenated alkanes) is 3. The van der Waals surface area contributed by atoms with E-state index in [9.17, 15) is 51.5 Å². The molecule has 2 unspecified atom stereocenters. The maximum atomic E-state index is 13.1. The number of allylic oxidation sites excluding steroid dienone is 1. The number of phosphoric ester groups is 1. The van der Waals surface area contributed by atoms with Gasteiger partial charge in [-0.05, 0) is 69.9 Å². The molecule has 420 valence electrons. The second-order valence-electron chi connectivity index (χ2n) is 20.1. The van der Waals surface area contributed by atoms with Gasteiger partial charge in [0, 0.05) is 63.6 Å². The Morgan fingerprint density at radius 3 is 2.31 bits per heavy atom. The average Bonchev–Trinajstić information content (AvgIpc) is 3.92. The molecule has 4 aliphatic rings. The number of phosphoric acid groups is 3. The van der Waals surface area contributed by atoms with E-state index in [1.807, 2.05) is 38.1 Å². The number of amides is 1. The molecule has 4 aliphatic heterocycles. The first kappa shape index (κ1) is 58.3. The SMILES string of the molecule is CCN1c2cc3c(cc2C(C)=CC1(C)C)N=c1cc2c(cc1O3)=[N+](CCCC(=O)NCCCCCCNc1ncnc3c1ncn3[C@@H]1O[C@H](COP(=O)(O)OP(=O)(O)OP(=O)(O)O)[C@@H](O)[C@H]1O)C(C)(C)C=C2CS(=O)(=O)O. The summed E-state index contributed by atoms with van der Waals surface area (Å²) in [5.74, 6) is 0.772. The monoisotopic (exact) mass is 1150 g/mol. The summed E-state index contributed by atoms with van der Waals surface area (Å²) in [5, 5.41) is 28.8. The van der Waals surface area contributed by atoms with Crippen LogP contribution in [0.5, 0.6) is 11.5 Å². The number of carbonyl (C=O) groups excluding carboxylic acids is 1. The third-order valence-corrected chi connectivity index (χ3v) is 17.9. The Morgan fingerprint density at radius 1 is 0.883 bits per heavy atom. The molecular weight excluding hydrogens is 1090 g/mol. The molecule has 1 fully saturated rings. The Bertz CT molecular complexity index is 3420. The summed E-state index contributed by atoms with van der Waals surface area (Å²) < 4.78 is 96.9. The lowest BCUT2D eigenvalue weighted by atomic mass is 9.88. The second-order valence-corrected chi connectivity index (χ2v) is 26.0. The number of hydrogen-bond acceptors (Lipinski definition) is 19. The Hall–Kier alpha value is -4.86. The first-order chi connectivity index (χ1) is 35.9. The Morgan fingerprint density at radius 2 is 1.61 bits per heavy atom. The number of likely N-dealkylation sites (N-methyl/N-ethyl adjacent to an activating group) is 1. The number of ether oxygens (including phenoxy) is 2. The predicted molar refractivity (Wildman–Crippen MR) is 279 cm³/mol. The number of benzene rings is 2. The van der Waals surface area contributed by atoms with Crippen molar-refractivity contribution in [3.05, 3.63) is 70.9 Å². The zero-order valence-corrected chi connectivity index (χ0v) is 46.4. The van der Waals surface area contributed by atoms with Crippen LogP contribution >= 0.6 is 23.5 Å². The predicted octanol–water partition coefficient (Wildman–Crippen LogP) is 3.99. The molecule has 2 aromatic heterocycles. The van der Waals surface area contributed by atoms with Crippen molar-refractivity contribution in [2.24, 2.45) is 4.99 Å². The highest BCUT2D eigenvalue weighted by atomic mass is 32.2. The summed E-state index contributed by atoms with van der Waals surface area (Å²) in [6, 6.07) is 7.73. The van der Waals surface area contributed by atoms with Crippen LogP contribution < -0.4 is 35.6 Å². The minimum absolute atomic E-state index is 0.109. The Labute approximate surface area is 442 Å². The number of rotatable bonds is 23. The molecule has 0 radical (unpaired) electrons. The molecule has 27 nitrogen and oxygen atoms in total. The van der Waals surface area contributed by atoms with Gasteiger partial charge < -0.3 is 54.8 Å². The molecule has 1 amide bonds. The van der Waals surface area contributed by atoms with E-state index >= 15 is 0 Å². The molecule has 6 heterocycles. The number of carbonyl (C=O) groups is 1. The van der Waals surface area contributed by atoms with Crippen LogP contribution in [-0.4, -0.2) is 136 Å². The fourth-order valence-electron chi connectivity index (χ4n) is 10.2. The summed E-state index contributed by atoms with van der Waals surface area (Å²) in [5.41, 5.74) is 4.49. The van der Waals surface area contributed by atoms with Crippen molar-refractivity contribution in [2.45, 2.75) is 116 Å². The van der Waals surface area contributed by atoms with E-state index < -0.39 is 76.0 Å². The zero-order chi connectivity index (χ0) is 56.0. The van der Waals surface area contributed by atoms with Gasteiger partial charge in [0.15, 0.2) is 40.2 Å². The lowest BCUT2D eigenvalue weighted by molar-refractivity contribution is -0.121. The minimum Gasteiger partial charge on any atom is -0.452 e. The summed E-state index contributed by atoms with van der Waals surface area (Å²) >= 11 is 0. The lowest BCUT2D eigenvalue weighted by Gasteiger charge is -2.43. The zero-order valence-electron chi connectivity index (χ0n) is 42.9. The molecule has 77 heavy (non-hydrogen) atoms. The number of nitrogens with one attached hydrogen (secondary N) is 2. The van der Waals surface area contributed by atoms with E-state index in [0.29, 0.717) is 70.9 Å². The van der Waals surface area contributed by atoms with E-state index in [4.69, 9.17) is 24.3 Å². The standard InChI is InChI=1S/C46H62N9O18P3S/c1-7-54-33-19-35-31(17-29(33)27(2)21-45(54,3)4)52-32-18-30-28(24-77(66,67)68)22-46(5,6)55(34(30)20-36(32)70-35)16-12-13-38(56)47-14-10-8-9-11-15-48-42-39-43(50-25-49-42)53(26-51-39)44-41(58)40(57)37(71-44)23-69-75(62,63)73-76(64,65)72-74(59,60)61/h17-22,25-26,37,40-41,44,57-58H,7-16,23-24H2,1-6H3,(H6-,47,48,49,50,56,59,60,61,62,63,64,65,66,67,68)/p+1/t37-,40-,41-,44-/m1/s1. The van der Waals surface area contributed by atoms with Crippen molar-refractivity contribution >= 4 is 79.0 Å². The molecule has 4 aromatic rings. The van der Waals surface area contributed by atoms with Gasteiger partial charge in [-0.3, -0.25) is 18.4 Å². The third-order valence-electron chi connectivity index (χ3n) is 13.4. The molecule has 6 atom stereocenters. The van der Waals surface area contributed by atoms with Gasteiger partial charge in [-0.1, -0.05) is 18.9 Å². The molecule has 1 saturated heterocycles. The van der Waals surface area contributed by atoms with Crippen molar-refractivity contribution < 1.29 is 83.9 Å². The number of hydrogen-bond donors (Lipinski definition) is 9. The van der Waals surface area contributed by atoms with Gasteiger partial charge in [-0.2, -0.15) is 17.0 Å². The lowest BCUT2D eigenvalue weighted by Crippen LogP contribution is -2.50. The first-order valence-electron chi connectivity index (χ1n) is 24.6. The Balaban J connectivity index is 0.818.